The van der Waals surface area contributed by atoms with E-state index in [0.29, 0.717) is 55.0 Å². The van der Waals surface area contributed by atoms with E-state index in [1.165, 1.54) is 0 Å². The highest BCUT2D eigenvalue weighted by Gasteiger charge is 2.11. The molecule has 11 nitrogen and oxygen atoms in total. The number of aromatic nitrogens is 4. The number of hydrogen-bond donors (Lipinski definition) is 6. The van der Waals surface area contributed by atoms with Gasteiger partial charge in [0.05, 0.1) is 22.1 Å². The van der Waals surface area contributed by atoms with Gasteiger partial charge < -0.3 is 25.3 Å². The normalized spacial score (nSPS) is 10.9. The second kappa shape index (κ2) is 11.1. The Hall–Kier alpha value is -5.26. The summed E-state index contributed by atoms with van der Waals surface area (Å²) in [6.07, 6.45) is 0. The van der Waals surface area contributed by atoms with E-state index in [9.17, 15) is 9.59 Å². The SMILES string of the molecule is O=C(Nc1cccc(Cl)c1)Nc1nc2cc(Oc3ccc4[nH]c(NC(=O)Nc5cccc(Cl)c5)nc4c3)ccc2[nH]1. The van der Waals surface area contributed by atoms with Crippen LogP contribution in [0.1, 0.15) is 0 Å². The largest absolute Gasteiger partial charge is 0.457 e. The highest BCUT2D eigenvalue weighted by atomic mass is 35.5. The molecule has 0 unspecified atom stereocenters. The molecule has 0 saturated carbocycles. The lowest BCUT2D eigenvalue weighted by atomic mass is 10.3. The monoisotopic (exact) mass is 586 g/mol. The zero-order valence-corrected chi connectivity index (χ0v) is 22.5. The molecule has 0 aliphatic carbocycles. The number of urea groups is 2. The summed E-state index contributed by atoms with van der Waals surface area (Å²) in [4.78, 5) is 39.7. The number of imidazole rings is 2. The Morgan fingerprint density at radius 1 is 0.610 bits per heavy atom. The van der Waals surface area contributed by atoms with Crippen LogP contribution in [-0.2, 0) is 0 Å². The quantitative estimate of drug-likeness (QED) is 0.117. The fourth-order valence-corrected chi connectivity index (χ4v) is 4.41. The van der Waals surface area contributed by atoms with Crippen molar-refractivity contribution in [2.45, 2.75) is 0 Å². The smallest absolute Gasteiger partial charge is 0.326 e. The lowest BCUT2D eigenvalue weighted by Crippen LogP contribution is -2.20. The Morgan fingerprint density at radius 2 is 1.07 bits per heavy atom. The molecule has 0 aliphatic heterocycles. The summed E-state index contributed by atoms with van der Waals surface area (Å²) in [5.41, 5.74) is 3.73. The Labute approximate surface area is 242 Å². The van der Waals surface area contributed by atoms with Gasteiger partial charge in [-0.25, -0.2) is 19.6 Å². The number of aromatic amines is 2. The molecule has 2 aromatic heterocycles. The van der Waals surface area contributed by atoms with Crippen LogP contribution in [0.5, 0.6) is 11.5 Å². The summed E-state index contributed by atoms with van der Waals surface area (Å²) in [7, 11) is 0. The number of carbonyl (C=O) groups excluding carboxylic acids is 2. The number of H-pyrrole nitrogens is 2. The number of nitrogens with zero attached hydrogens (tertiary/aromatic N) is 2. The van der Waals surface area contributed by atoms with Crippen LogP contribution in [0.25, 0.3) is 22.1 Å². The molecular formula is C28H20Cl2N8O3. The minimum atomic E-state index is -0.467. The van der Waals surface area contributed by atoms with Crippen LogP contribution in [0.15, 0.2) is 84.9 Å². The number of fused-ring (bicyclic) bond motifs is 2. The number of nitrogens with one attached hydrogen (secondary N) is 6. The maximum atomic E-state index is 12.4. The fraction of sp³-hybridized carbons (Fsp3) is 0. The first-order chi connectivity index (χ1) is 19.9. The number of ether oxygens (including phenoxy) is 1. The minimum Gasteiger partial charge on any atom is -0.457 e. The zero-order chi connectivity index (χ0) is 28.3. The summed E-state index contributed by atoms with van der Waals surface area (Å²) >= 11 is 11.9. The number of carbonyl (C=O) groups is 2. The van der Waals surface area contributed by atoms with E-state index in [0.717, 1.165) is 0 Å². The average Bonchev–Trinajstić information content (AvgIpc) is 3.50. The molecule has 0 spiro atoms. The maximum absolute atomic E-state index is 12.4. The first-order valence-electron chi connectivity index (χ1n) is 12.2. The van der Waals surface area contributed by atoms with Crippen LogP contribution in [0.3, 0.4) is 0 Å². The van der Waals surface area contributed by atoms with Gasteiger partial charge >= 0.3 is 12.1 Å². The van der Waals surface area contributed by atoms with E-state index in [1.807, 2.05) is 0 Å². The van der Waals surface area contributed by atoms with E-state index in [2.05, 4.69) is 41.2 Å². The number of halogens is 2. The third kappa shape index (κ3) is 6.32. The maximum Gasteiger partial charge on any atom is 0.326 e. The van der Waals surface area contributed by atoms with E-state index >= 15 is 0 Å². The molecule has 6 aromatic rings. The summed E-state index contributed by atoms with van der Waals surface area (Å²) in [5.74, 6) is 1.62. The molecule has 0 saturated heterocycles. The standard InChI is InChI=1S/C28H20Cl2N8O3/c29-15-3-1-5-17(11-15)31-27(39)37-25-33-21-9-7-19(13-23(21)35-25)41-20-8-10-22-24(14-20)36-26(34-22)38-28(40)32-18-6-2-4-16(30)12-18/h1-14H,(H3,31,33,35,37,39)(H3,32,34,36,38,40). The molecule has 0 fully saturated rings. The van der Waals surface area contributed by atoms with E-state index in [-0.39, 0.29) is 11.9 Å². The van der Waals surface area contributed by atoms with Crippen LogP contribution in [0.2, 0.25) is 10.0 Å². The molecule has 0 radical (unpaired) electrons. The molecule has 2 heterocycles. The second-order valence-electron chi connectivity index (χ2n) is 8.81. The molecule has 4 aromatic carbocycles. The Morgan fingerprint density at radius 3 is 1.51 bits per heavy atom. The summed E-state index contributed by atoms with van der Waals surface area (Å²) in [6, 6.07) is 23.3. The van der Waals surface area contributed by atoms with Crippen LogP contribution >= 0.6 is 23.2 Å². The number of hydrogen-bond acceptors (Lipinski definition) is 5. The van der Waals surface area contributed by atoms with Gasteiger partial charge in [0.25, 0.3) is 0 Å². The third-order valence-electron chi connectivity index (χ3n) is 5.77. The third-order valence-corrected chi connectivity index (χ3v) is 6.24. The number of amides is 4. The van der Waals surface area contributed by atoms with Crippen molar-refractivity contribution < 1.29 is 14.3 Å². The number of rotatable bonds is 6. The van der Waals surface area contributed by atoms with Crippen molar-refractivity contribution >= 4 is 80.6 Å². The van der Waals surface area contributed by atoms with Crippen LogP contribution in [0.4, 0.5) is 32.9 Å². The predicted molar refractivity (Wildman–Crippen MR) is 160 cm³/mol. The molecule has 6 rings (SSSR count). The average molecular weight is 587 g/mol. The van der Waals surface area contributed by atoms with Gasteiger partial charge in [-0.05, 0) is 60.7 Å². The van der Waals surface area contributed by atoms with Crippen LogP contribution in [-0.4, -0.2) is 32.0 Å². The van der Waals surface area contributed by atoms with Gasteiger partial charge in [0.15, 0.2) is 0 Å². The molecule has 6 N–H and O–H groups in total. The van der Waals surface area contributed by atoms with Crippen molar-refractivity contribution in [2.75, 3.05) is 21.3 Å². The number of anilines is 4. The summed E-state index contributed by atoms with van der Waals surface area (Å²) < 4.78 is 6.02. The molecule has 41 heavy (non-hydrogen) atoms. The van der Waals surface area contributed by atoms with Crippen molar-refractivity contribution in [1.82, 2.24) is 19.9 Å². The minimum absolute atomic E-state index is 0.272. The van der Waals surface area contributed by atoms with E-state index in [1.54, 1.807) is 84.9 Å². The van der Waals surface area contributed by atoms with Gasteiger partial charge in [-0.1, -0.05) is 35.3 Å². The van der Waals surface area contributed by atoms with Crippen molar-refractivity contribution in [2.24, 2.45) is 0 Å². The fourth-order valence-electron chi connectivity index (χ4n) is 4.02. The van der Waals surface area contributed by atoms with Crippen LogP contribution in [0, 0.1) is 0 Å². The van der Waals surface area contributed by atoms with Gasteiger partial charge in [0, 0.05) is 33.6 Å². The first kappa shape index (κ1) is 26.0. The van der Waals surface area contributed by atoms with Crippen LogP contribution < -0.4 is 26.0 Å². The van der Waals surface area contributed by atoms with Crippen molar-refractivity contribution in [3.8, 4) is 11.5 Å². The van der Waals surface area contributed by atoms with Gasteiger partial charge in [-0.15, -0.1) is 0 Å². The molecule has 204 valence electrons. The second-order valence-corrected chi connectivity index (χ2v) is 9.68. The van der Waals surface area contributed by atoms with Crippen molar-refractivity contribution in [3.05, 3.63) is 95.0 Å². The molecular weight excluding hydrogens is 567 g/mol. The molecule has 13 heteroatoms. The van der Waals surface area contributed by atoms with E-state index in [4.69, 9.17) is 27.9 Å². The lowest BCUT2D eigenvalue weighted by molar-refractivity contribution is 0.261. The summed E-state index contributed by atoms with van der Waals surface area (Å²) in [6.45, 7) is 0. The number of benzene rings is 4. The molecule has 0 atom stereocenters. The van der Waals surface area contributed by atoms with Gasteiger partial charge in [0.2, 0.25) is 11.9 Å². The van der Waals surface area contributed by atoms with Gasteiger partial charge in [-0.3, -0.25) is 10.6 Å². The van der Waals surface area contributed by atoms with E-state index < -0.39 is 12.1 Å². The van der Waals surface area contributed by atoms with Gasteiger partial charge in [0.1, 0.15) is 11.5 Å². The lowest BCUT2D eigenvalue weighted by Gasteiger charge is -2.05. The van der Waals surface area contributed by atoms with Crippen molar-refractivity contribution in [1.29, 1.82) is 0 Å². The zero-order valence-electron chi connectivity index (χ0n) is 21.0. The van der Waals surface area contributed by atoms with Crippen molar-refractivity contribution in [3.63, 3.8) is 0 Å². The Balaban J connectivity index is 1.11. The highest BCUT2D eigenvalue weighted by molar-refractivity contribution is 6.31. The summed E-state index contributed by atoms with van der Waals surface area (Å²) in [5, 5.41) is 11.8. The highest BCUT2D eigenvalue weighted by Crippen LogP contribution is 2.28. The topological polar surface area (TPSA) is 149 Å². The van der Waals surface area contributed by atoms with Gasteiger partial charge in [-0.2, -0.15) is 0 Å². The predicted octanol–water partition coefficient (Wildman–Crippen LogP) is 7.83. The molecule has 0 bridgehead atoms. The Bertz CT molecular complexity index is 1780. The molecule has 4 amide bonds. The Kier molecular flexibility index (Phi) is 7.02. The first-order valence-corrected chi connectivity index (χ1v) is 13.0. The molecule has 0 aliphatic rings.